The Labute approximate surface area is 189 Å². The van der Waals surface area contributed by atoms with Crippen molar-refractivity contribution in [2.75, 3.05) is 0 Å². The summed E-state index contributed by atoms with van der Waals surface area (Å²) in [5.74, 6) is 2.13. The minimum Gasteiger partial charge on any atom is -0.205 e. The average molecular weight is 431 g/mol. The molecule has 2 aliphatic carbocycles. The molecule has 0 saturated heterocycles. The maximum absolute atomic E-state index is 13.7. The molecule has 166 valence electrons. The van der Waals surface area contributed by atoms with E-state index in [0.29, 0.717) is 5.92 Å². The van der Waals surface area contributed by atoms with Crippen molar-refractivity contribution in [2.45, 2.75) is 96.8 Å². The lowest BCUT2D eigenvalue weighted by atomic mass is 9.72. The quantitative estimate of drug-likeness (QED) is 0.306. The Kier molecular flexibility index (Phi) is 9.98. The van der Waals surface area contributed by atoms with E-state index in [1.54, 1.807) is 12.1 Å². The fourth-order valence-corrected chi connectivity index (χ4v) is 5.47. The summed E-state index contributed by atoms with van der Waals surface area (Å²) < 4.78 is 13.7. The molecule has 0 spiro atoms. The van der Waals surface area contributed by atoms with Gasteiger partial charge in [-0.05, 0) is 60.3 Å². The zero-order valence-corrected chi connectivity index (χ0v) is 19.6. The first-order valence-electron chi connectivity index (χ1n) is 12.5. The summed E-state index contributed by atoms with van der Waals surface area (Å²) in [6.07, 6.45) is 26.4. The molecule has 30 heavy (non-hydrogen) atoms. The van der Waals surface area contributed by atoms with E-state index in [1.807, 2.05) is 6.07 Å². The molecule has 0 bridgehead atoms. The van der Waals surface area contributed by atoms with Crippen molar-refractivity contribution in [3.8, 4) is 0 Å². The van der Waals surface area contributed by atoms with E-state index in [-0.39, 0.29) is 10.8 Å². The Hall–Kier alpha value is -1.08. The van der Waals surface area contributed by atoms with Crippen LogP contribution in [0.5, 0.6) is 0 Å². The predicted molar refractivity (Wildman–Crippen MR) is 129 cm³/mol. The molecule has 0 aromatic heterocycles. The highest BCUT2D eigenvalue weighted by Crippen LogP contribution is 2.39. The highest BCUT2D eigenvalue weighted by atomic mass is 35.5. The number of allylic oxidation sites excluding steroid dienone is 4. The second-order valence-electron chi connectivity index (χ2n) is 9.59. The van der Waals surface area contributed by atoms with Crippen molar-refractivity contribution < 1.29 is 4.39 Å². The normalized spacial score (nSPS) is 24.1. The number of unbranched alkanes of at least 4 members (excludes halogenated alkanes) is 7. The van der Waals surface area contributed by atoms with Crippen molar-refractivity contribution in [3.05, 3.63) is 52.8 Å². The van der Waals surface area contributed by atoms with Crippen molar-refractivity contribution in [1.82, 2.24) is 0 Å². The largest absolute Gasteiger partial charge is 0.205 e. The van der Waals surface area contributed by atoms with Crippen LogP contribution in [0.4, 0.5) is 4.39 Å². The minimum atomic E-state index is -0.333. The number of rotatable bonds is 11. The number of benzene rings is 1. The van der Waals surface area contributed by atoms with Crippen LogP contribution in [0.3, 0.4) is 0 Å². The van der Waals surface area contributed by atoms with Gasteiger partial charge < -0.3 is 0 Å². The van der Waals surface area contributed by atoms with Crippen LogP contribution in [0.25, 0.3) is 5.57 Å². The molecule has 2 heteroatoms. The van der Waals surface area contributed by atoms with Gasteiger partial charge in [0.05, 0.1) is 5.02 Å². The van der Waals surface area contributed by atoms with Gasteiger partial charge in [0.25, 0.3) is 0 Å². The SMILES string of the molecule is CCCCCCCCCCC1CCC(C2C=CC(c3ccc(Cl)c(F)c3)=CC2)CC1. The molecular weight excluding hydrogens is 391 g/mol. The third-order valence-electron chi connectivity index (χ3n) is 7.35. The van der Waals surface area contributed by atoms with Gasteiger partial charge in [-0.2, -0.15) is 0 Å². The Morgan fingerprint density at radius 1 is 0.933 bits per heavy atom. The van der Waals surface area contributed by atoms with Gasteiger partial charge in [0.1, 0.15) is 5.82 Å². The molecule has 0 N–H and O–H groups in total. The molecule has 1 unspecified atom stereocenters. The van der Waals surface area contributed by atoms with Crippen LogP contribution in [-0.4, -0.2) is 0 Å². The highest BCUT2D eigenvalue weighted by molar-refractivity contribution is 6.30. The van der Waals surface area contributed by atoms with Gasteiger partial charge in [0.2, 0.25) is 0 Å². The lowest BCUT2D eigenvalue weighted by Gasteiger charge is -2.33. The maximum Gasteiger partial charge on any atom is 0.142 e. The highest BCUT2D eigenvalue weighted by Gasteiger charge is 2.26. The minimum absolute atomic E-state index is 0.195. The van der Waals surface area contributed by atoms with Crippen LogP contribution < -0.4 is 0 Å². The van der Waals surface area contributed by atoms with Crippen LogP contribution in [0.2, 0.25) is 5.02 Å². The second-order valence-corrected chi connectivity index (χ2v) is 10.00. The van der Waals surface area contributed by atoms with E-state index in [1.165, 1.54) is 83.5 Å². The fraction of sp³-hybridized carbons (Fsp3) is 0.643. The summed E-state index contributed by atoms with van der Waals surface area (Å²) in [7, 11) is 0. The van der Waals surface area contributed by atoms with E-state index < -0.39 is 0 Å². The third-order valence-corrected chi connectivity index (χ3v) is 7.66. The Bertz CT molecular complexity index is 697. The first kappa shape index (κ1) is 23.6. The molecule has 0 aliphatic heterocycles. The second kappa shape index (κ2) is 12.7. The Balaban J connectivity index is 1.32. The topological polar surface area (TPSA) is 0 Å². The zero-order chi connectivity index (χ0) is 21.2. The summed E-state index contributed by atoms with van der Waals surface area (Å²) in [5.41, 5.74) is 2.06. The summed E-state index contributed by atoms with van der Waals surface area (Å²) in [6.45, 7) is 2.29. The van der Waals surface area contributed by atoms with E-state index in [0.717, 1.165) is 29.4 Å². The van der Waals surface area contributed by atoms with Gasteiger partial charge >= 0.3 is 0 Å². The summed E-state index contributed by atoms with van der Waals surface area (Å²) >= 11 is 5.81. The summed E-state index contributed by atoms with van der Waals surface area (Å²) in [5, 5.41) is 0.195. The van der Waals surface area contributed by atoms with Gasteiger partial charge in [-0.1, -0.05) is 113 Å². The molecule has 1 fully saturated rings. The molecule has 1 atom stereocenters. The molecule has 3 rings (SSSR count). The van der Waals surface area contributed by atoms with Gasteiger partial charge in [0, 0.05) is 0 Å². The van der Waals surface area contributed by atoms with Crippen molar-refractivity contribution in [2.24, 2.45) is 17.8 Å². The summed E-state index contributed by atoms with van der Waals surface area (Å²) in [6, 6.07) is 5.12. The molecule has 0 nitrogen and oxygen atoms in total. The molecule has 0 amide bonds. The third kappa shape index (κ3) is 7.26. The van der Waals surface area contributed by atoms with Crippen LogP contribution in [0, 0.1) is 23.6 Å². The molecular formula is C28H40ClF. The lowest BCUT2D eigenvalue weighted by molar-refractivity contribution is 0.218. The molecule has 1 saturated carbocycles. The first-order valence-corrected chi connectivity index (χ1v) is 12.9. The maximum atomic E-state index is 13.7. The van der Waals surface area contributed by atoms with Crippen LogP contribution >= 0.6 is 11.6 Å². The molecule has 2 aliphatic rings. The lowest BCUT2D eigenvalue weighted by Crippen LogP contribution is -2.21. The van der Waals surface area contributed by atoms with Crippen LogP contribution in [-0.2, 0) is 0 Å². The average Bonchev–Trinajstić information content (AvgIpc) is 2.78. The molecule has 0 heterocycles. The number of hydrogen-bond acceptors (Lipinski definition) is 0. The zero-order valence-electron chi connectivity index (χ0n) is 18.9. The van der Waals surface area contributed by atoms with Gasteiger partial charge in [-0.25, -0.2) is 4.39 Å². The molecule has 0 radical (unpaired) electrons. The smallest absolute Gasteiger partial charge is 0.142 e. The van der Waals surface area contributed by atoms with Gasteiger partial charge in [-0.3, -0.25) is 0 Å². The van der Waals surface area contributed by atoms with Gasteiger partial charge in [0.15, 0.2) is 0 Å². The monoisotopic (exact) mass is 430 g/mol. The van der Waals surface area contributed by atoms with Crippen molar-refractivity contribution >= 4 is 17.2 Å². The van der Waals surface area contributed by atoms with Gasteiger partial charge in [-0.15, -0.1) is 0 Å². The molecule has 1 aromatic rings. The van der Waals surface area contributed by atoms with E-state index in [4.69, 9.17) is 11.6 Å². The molecule has 1 aromatic carbocycles. The van der Waals surface area contributed by atoms with Crippen molar-refractivity contribution in [1.29, 1.82) is 0 Å². The van der Waals surface area contributed by atoms with Crippen LogP contribution in [0.15, 0.2) is 36.4 Å². The number of hydrogen-bond donors (Lipinski definition) is 0. The summed E-state index contributed by atoms with van der Waals surface area (Å²) in [4.78, 5) is 0. The Morgan fingerprint density at radius 2 is 1.63 bits per heavy atom. The fourth-order valence-electron chi connectivity index (χ4n) is 5.35. The van der Waals surface area contributed by atoms with E-state index >= 15 is 0 Å². The standard InChI is InChI=1S/C28H40ClF/c1-2-3-4-5-6-7-8-9-10-22-11-13-23(14-12-22)24-15-17-25(18-16-24)26-19-20-27(29)28(30)21-26/h15,17-24H,2-14,16H2,1H3. The van der Waals surface area contributed by atoms with E-state index in [9.17, 15) is 4.39 Å². The first-order chi connectivity index (χ1) is 14.7. The van der Waals surface area contributed by atoms with E-state index in [2.05, 4.69) is 25.2 Å². The number of halogens is 2. The predicted octanol–water partition coefficient (Wildman–Crippen LogP) is 9.78. The Morgan fingerprint density at radius 3 is 2.27 bits per heavy atom. The van der Waals surface area contributed by atoms with Crippen molar-refractivity contribution in [3.63, 3.8) is 0 Å². The van der Waals surface area contributed by atoms with Crippen LogP contribution in [0.1, 0.15) is 102 Å².